The molecule has 0 heterocycles. The molecule has 0 fully saturated rings. The Labute approximate surface area is 255 Å². The molecule has 0 aromatic heterocycles. The molecular formula is C20H3BCl10F6. The fourth-order valence-electron chi connectivity index (χ4n) is 3.37. The zero-order chi connectivity index (χ0) is 28.4. The van der Waals surface area contributed by atoms with Gasteiger partial charge in [-0.1, -0.05) is 134 Å². The fraction of sp³-hybridized carbons (Fsp3) is 0.100. The van der Waals surface area contributed by atoms with Gasteiger partial charge in [0.25, 0.3) is 0 Å². The second kappa shape index (κ2) is 11.2. The van der Waals surface area contributed by atoms with Crippen molar-refractivity contribution in [3.63, 3.8) is 0 Å². The third kappa shape index (κ3) is 5.97. The number of hydrogen-bond acceptors (Lipinski definition) is 0. The van der Waals surface area contributed by atoms with E-state index in [4.69, 9.17) is 116 Å². The lowest BCUT2D eigenvalue weighted by Crippen LogP contribution is -2.54. The van der Waals surface area contributed by atoms with Gasteiger partial charge in [0, 0.05) is 0 Å². The molecule has 0 aliphatic rings. The fourth-order valence-corrected chi connectivity index (χ4v) is 6.12. The second-order valence-electron chi connectivity index (χ2n) is 7.24. The summed E-state index contributed by atoms with van der Waals surface area (Å²) in [5.74, 6) is 0. The summed E-state index contributed by atoms with van der Waals surface area (Å²) in [7, 11) is 0. The van der Waals surface area contributed by atoms with Crippen molar-refractivity contribution in [1.29, 1.82) is 0 Å². The van der Waals surface area contributed by atoms with Crippen molar-refractivity contribution < 1.29 is 26.3 Å². The van der Waals surface area contributed by atoms with E-state index in [1.165, 1.54) is 0 Å². The van der Waals surface area contributed by atoms with Gasteiger partial charge in [-0.15, -0.1) is 0 Å². The van der Waals surface area contributed by atoms with Gasteiger partial charge in [-0.05, 0) is 17.0 Å². The molecule has 0 bridgehead atoms. The quantitative estimate of drug-likeness (QED) is 0.109. The lowest BCUT2D eigenvalue weighted by Gasteiger charge is -2.25. The Balaban J connectivity index is 2.63. The summed E-state index contributed by atoms with van der Waals surface area (Å²) in [6.07, 6.45) is -10.4. The van der Waals surface area contributed by atoms with E-state index in [0.29, 0.717) is 12.1 Å². The van der Waals surface area contributed by atoms with E-state index >= 15 is 0 Å². The standard InChI is InChI=1S/C20H3BCl10F6/c22-9-7(10(23)14(27)17(30)13(9)26)21(8-11(24)15(28)18(31)16(29)12(8)25)6-2-4(19(32,33)34)1-5(3-6)20(35,36)37/h1-3H. The first kappa shape index (κ1) is 31.7. The van der Waals surface area contributed by atoms with E-state index in [-0.39, 0.29) is 27.0 Å². The van der Waals surface area contributed by atoms with Crippen molar-refractivity contribution >= 4 is 139 Å². The summed E-state index contributed by atoms with van der Waals surface area (Å²) in [5, 5.41) is -4.14. The predicted octanol–water partition coefficient (Wildman–Crippen LogP) is 10.8. The maximum absolute atomic E-state index is 13.7. The molecule has 0 N–H and O–H groups in total. The van der Waals surface area contributed by atoms with E-state index < -0.39 is 75.8 Å². The minimum Gasteiger partial charge on any atom is -0.166 e. The molecule has 0 saturated carbocycles. The Morgan fingerprint density at radius 2 is 0.649 bits per heavy atom. The summed E-state index contributed by atoms with van der Waals surface area (Å²) in [4.78, 5) is 0. The maximum atomic E-state index is 13.7. The third-order valence-electron chi connectivity index (χ3n) is 5.01. The minimum absolute atomic E-state index is 0.0728. The monoisotopic (exact) mass is 718 g/mol. The first-order chi connectivity index (χ1) is 16.8. The highest BCUT2D eigenvalue weighted by atomic mass is 35.5. The van der Waals surface area contributed by atoms with Gasteiger partial charge in [0.2, 0.25) is 6.71 Å². The Morgan fingerprint density at radius 3 is 0.892 bits per heavy atom. The third-order valence-corrected chi connectivity index (χ3v) is 9.62. The van der Waals surface area contributed by atoms with Crippen LogP contribution in [0.2, 0.25) is 50.2 Å². The molecule has 37 heavy (non-hydrogen) atoms. The molecule has 3 aromatic rings. The number of benzene rings is 3. The smallest absolute Gasteiger partial charge is 0.166 e. The van der Waals surface area contributed by atoms with Crippen LogP contribution in [-0.4, -0.2) is 6.71 Å². The van der Waals surface area contributed by atoms with Crippen molar-refractivity contribution in [3.8, 4) is 0 Å². The summed E-state index contributed by atoms with van der Waals surface area (Å²) in [5.41, 5.74) is -4.74. The Hall–Kier alpha value is 0.205. The maximum Gasteiger partial charge on any atom is 0.416 e. The normalized spacial score (nSPS) is 12.3. The van der Waals surface area contributed by atoms with Crippen LogP contribution in [0.25, 0.3) is 0 Å². The van der Waals surface area contributed by atoms with E-state index in [1.54, 1.807) is 0 Å². The molecular weight excluding hydrogens is 720 g/mol. The molecule has 198 valence electrons. The summed E-state index contributed by atoms with van der Waals surface area (Å²) in [6.45, 7) is -1.79. The van der Waals surface area contributed by atoms with Crippen LogP contribution in [0, 0.1) is 0 Å². The van der Waals surface area contributed by atoms with Crippen LogP contribution < -0.4 is 16.4 Å². The van der Waals surface area contributed by atoms with Crippen molar-refractivity contribution in [2.75, 3.05) is 0 Å². The SMILES string of the molecule is FC(F)(F)c1cc(B(c2c(Cl)c(Cl)c(Cl)c(Cl)c2Cl)c2c(Cl)c(Cl)c(Cl)c(Cl)c2Cl)cc(C(F)(F)F)c1. The Kier molecular flexibility index (Phi) is 9.63. The molecule has 0 saturated heterocycles. The average Bonchev–Trinajstić information content (AvgIpc) is 2.81. The van der Waals surface area contributed by atoms with Crippen LogP contribution in [-0.2, 0) is 12.4 Å². The van der Waals surface area contributed by atoms with Crippen molar-refractivity contribution in [2.45, 2.75) is 12.4 Å². The van der Waals surface area contributed by atoms with Gasteiger partial charge in [-0.25, -0.2) is 0 Å². The first-order valence-electron chi connectivity index (χ1n) is 9.12. The molecule has 0 amide bonds. The highest BCUT2D eigenvalue weighted by Gasteiger charge is 2.41. The van der Waals surface area contributed by atoms with Crippen molar-refractivity contribution in [1.82, 2.24) is 0 Å². The lowest BCUT2D eigenvalue weighted by atomic mass is 9.36. The highest BCUT2D eigenvalue weighted by Crippen LogP contribution is 2.43. The van der Waals surface area contributed by atoms with Gasteiger partial charge in [-0.2, -0.15) is 26.3 Å². The molecule has 0 spiro atoms. The van der Waals surface area contributed by atoms with Crippen LogP contribution >= 0.6 is 116 Å². The van der Waals surface area contributed by atoms with Crippen LogP contribution in [0.15, 0.2) is 18.2 Å². The topological polar surface area (TPSA) is 0 Å². The van der Waals surface area contributed by atoms with Crippen LogP contribution in [0.1, 0.15) is 11.1 Å². The first-order valence-corrected chi connectivity index (χ1v) is 12.9. The molecule has 3 aromatic carbocycles. The van der Waals surface area contributed by atoms with E-state index in [0.717, 1.165) is 0 Å². The van der Waals surface area contributed by atoms with Gasteiger partial charge in [0.15, 0.2) is 0 Å². The Bertz CT molecular complexity index is 1260. The van der Waals surface area contributed by atoms with Crippen molar-refractivity contribution in [2.24, 2.45) is 0 Å². The number of alkyl halides is 6. The average molecular weight is 723 g/mol. The lowest BCUT2D eigenvalue weighted by molar-refractivity contribution is -0.142. The zero-order valence-electron chi connectivity index (χ0n) is 16.9. The molecule has 0 radical (unpaired) electrons. The summed E-state index contributed by atoms with van der Waals surface area (Å²) in [6, 6.07) is 0.773. The van der Waals surface area contributed by atoms with Gasteiger partial charge >= 0.3 is 12.4 Å². The van der Waals surface area contributed by atoms with Gasteiger partial charge in [0.05, 0.1) is 61.4 Å². The molecule has 0 aliphatic heterocycles. The van der Waals surface area contributed by atoms with Crippen LogP contribution in [0.4, 0.5) is 26.3 Å². The van der Waals surface area contributed by atoms with Gasteiger partial charge < -0.3 is 0 Å². The minimum atomic E-state index is -5.20. The van der Waals surface area contributed by atoms with E-state index in [2.05, 4.69) is 0 Å². The van der Waals surface area contributed by atoms with Crippen LogP contribution in [0.5, 0.6) is 0 Å². The van der Waals surface area contributed by atoms with Gasteiger partial charge in [0.1, 0.15) is 0 Å². The largest absolute Gasteiger partial charge is 0.416 e. The molecule has 0 atom stereocenters. The van der Waals surface area contributed by atoms with E-state index in [1.807, 2.05) is 0 Å². The summed E-state index contributed by atoms with van der Waals surface area (Å²) < 4.78 is 82.2. The Morgan fingerprint density at radius 1 is 0.405 bits per heavy atom. The molecule has 3 rings (SSSR count). The zero-order valence-corrected chi connectivity index (χ0v) is 24.4. The van der Waals surface area contributed by atoms with E-state index in [9.17, 15) is 26.3 Å². The molecule has 0 nitrogen and oxygen atoms in total. The highest BCUT2D eigenvalue weighted by molar-refractivity contribution is 7.00. The van der Waals surface area contributed by atoms with Crippen LogP contribution in [0.3, 0.4) is 0 Å². The molecule has 0 aliphatic carbocycles. The summed E-state index contributed by atoms with van der Waals surface area (Å²) >= 11 is 62.1. The molecule has 17 heteroatoms. The molecule has 0 unspecified atom stereocenters. The van der Waals surface area contributed by atoms with Crippen molar-refractivity contribution in [3.05, 3.63) is 79.6 Å². The number of halogens is 16. The van der Waals surface area contributed by atoms with Gasteiger partial charge in [-0.3, -0.25) is 0 Å². The second-order valence-corrected chi connectivity index (χ2v) is 11.0. The number of hydrogen-bond donors (Lipinski definition) is 0. The predicted molar refractivity (Wildman–Crippen MR) is 144 cm³/mol. The number of rotatable bonds is 3.